The van der Waals surface area contributed by atoms with Crippen LogP contribution in [0.3, 0.4) is 0 Å². The maximum atomic E-state index is 12.8. The number of nitrogens with one attached hydrogen (secondary N) is 1. The number of aryl methyl sites for hydroxylation is 3. The maximum Gasteiger partial charge on any atom is 0.168 e. The molecule has 28 heavy (non-hydrogen) atoms. The van der Waals surface area contributed by atoms with Crippen molar-refractivity contribution in [3.63, 3.8) is 0 Å². The molecule has 0 aliphatic heterocycles. The topological polar surface area (TPSA) is 58.6 Å². The van der Waals surface area contributed by atoms with Crippen LogP contribution in [-0.4, -0.2) is 35.7 Å². The van der Waals surface area contributed by atoms with Gasteiger partial charge in [-0.05, 0) is 56.7 Å². The third-order valence-electron chi connectivity index (χ3n) is 6.10. The van der Waals surface area contributed by atoms with Gasteiger partial charge in [-0.3, -0.25) is 4.79 Å². The number of aliphatic hydroxyl groups excluding tert-OH is 1. The van der Waals surface area contributed by atoms with Crippen molar-refractivity contribution in [2.45, 2.75) is 64.2 Å². The van der Waals surface area contributed by atoms with Crippen molar-refractivity contribution in [2.75, 3.05) is 6.54 Å². The molecule has 2 aromatic rings. The average molecular weight is 400 g/mol. The number of thiophene rings is 1. The van der Waals surface area contributed by atoms with Crippen molar-refractivity contribution < 1.29 is 14.6 Å². The van der Waals surface area contributed by atoms with Gasteiger partial charge in [0.2, 0.25) is 0 Å². The van der Waals surface area contributed by atoms with Gasteiger partial charge in [-0.1, -0.05) is 25.1 Å². The molecule has 0 bridgehead atoms. The number of carbonyl (C=O) groups is 1. The second-order valence-corrected chi connectivity index (χ2v) is 9.33. The minimum atomic E-state index is -0.553. The molecule has 1 saturated carbocycles. The van der Waals surface area contributed by atoms with Crippen LogP contribution in [0, 0.1) is 12.8 Å². The fourth-order valence-electron chi connectivity index (χ4n) is 4.47. The Morgan fingerprint density at radius 2 is 2.07 bits per heavy atom. The number of fused-ring (bicyclic) bond motifs is 1. The lowest BCUT2D eigenvalue weighted by molar-refractivity contribution is 0.0437. The lowest BCUT2D eigenvalue weighted by Crippen LogP contribution is -2.44. The summed E-state index contributed by atoms with van der Waals surface area (Å²) in [4.78, 5) is 15.2. The van der Waals surface area contributed by atoms with E-state index in [1.165, 1.54) is 15.3 Å². The van der Waals surface area contributed by atoms with E-state index in [1.807, 2.05) is 24.3 Å². The molecule has 1 heterocycles. The van der Waals surface area contributed by atoms with Crippen LogP contribution in [0.4, 0.5) is 0 Å². The first-order valence-electron chi connectivity index (χ1n) is 10.4. The smallest absolute Gasteiger partial charge is 0.168 e. The summed E-state index contributed by atoms with van der Waals surface area (Å²) in [6.07, 6.45) is 3.73. The number of ketones is 1. The SMILES string of the molecule is CCc1ccccc1OC1CCC(NCC2CCc3sc(C)cc3C2=O)C1O. The second-order valence-electron chi connectivity index (χ2n) is 7.99. The zero-order valence-electron chi connectivity index (χ0n) is 16.6. The molecule has 2 aliphatic rings. The Kier molecular flexibility index (Phi) is 5.85. The van der Waals surface area contributed by atoms with Crippen LogP contribution in [0.25, 0.3) is 0 Å². The molecule has 1 aromatic heterocycles. The molecule has 4 nitrogen and oxygen atoms in total. The van der Waals surface area contributed by atoms with E-state index in [-0.39, 0.29) is 23.8 Å². The van der Waals surface area contributed by atoms with E-state index in [2.05, 4.69) is 25.2 Å². The predicted molar refractivity (Wildman–Crippen MR) is 112 cm³/mol. The van der Waals surface area contributed by atoms with E-state index in [0.717, 1.165) is 43.4 Å². The summed E-state index contributed by atoms with van der Waals surface area (Å²) >= 11 is 1.75. The molecule has 1 aromatic carbocycles. The van der Waals surface area contributed by atoms with E-state index >= 15 is 0 Å². The third-order valence-corrected chi connectivity index (χ3v) is 7.21. The molecule has 4 atom stereocenters. The van der Waals surface area contributed by atoms with Gasteiger partial charge in [0.15, 0.2) is 5.78 Å². The molecule has 0 radical (unpaired) electrons. The van der Waals surface area contributed by atoms with Crippen LogP contribution in [0.15, 0.2) is 30.3 Å². The van der Waals surface area contributed by atoms with Crippen LogP contribution < -0.4 is 10.1 Å². The van der Waals surface area contributed by atoms with Gasteiger partial charge in [0.1, 0.15) is 18.0 Å². The number of benzene rings is 1. The Bertz CT molecular complexity index is 846. The molecule has 0 saturated heterocycles. The van der Waals surface area contributed by atoms with Crippen molar-refractivity contribution >= 4 is 17.1 Å². The predicted octanol–water partition coefficient (Wildman–Crippen LogP) is 3.92. The maximum absolute atomic E-state index is 12.8. The van der Waals surface area contributed by atoms with E-state index < -0.39 is 6.10 Å². The summed E-state index contributed by atoms with van der Waals surface area (Å²) in [6, 6.07) is 10.1. The molecular weight excluding hydrogens is 370 g/mol. The minimum absolute atomic E-state index is 0.00878. The first kappa shape index (κ1) is 19.6. The van der Waals surface area contributed by atoms with Crippen molar-refractivity contribution in [3.05, 3.63) is 51.2 Å². The molecule has 5 heteroatoms. The molecule has 150 valence electrons. The molecule has 0 amide bonds. The van der Waals surface area contributed by atoms with E-state index in [9.17, 15) is 9.90 Å². The van der Waals surface area contributed by atoms with Gasteiger partial charge in [0.25, 0.3) is 0 Å². The molecule has 4 rings (SSSR count). The highest BCUT2D eigenvalue weighted by atomic mass is 32.1. The lowest BCUT2D eigenvalue weighted by atomic mass is 9.87. The number of aliphatic hydroxyl groups is 1. The highest BCUT2D eigenvalue weighted by Crippen LogP contribution is 2.32. The number of Topliss-reactive ketones (excluding diaryl/α,β-unsaturated/α-hetero) is 1. The summed E-state index contributed by atoms with van der Waals surface area (Å²) in [5.74, 6) is 1.14. The minimum Gasteiger partial charge on any atom is -0.487 e. The number of hydrogen-bond acceptors (Lipinski definition) is 5. The molecular formula is C23H29NO3S. The number of ether oxygens (including phenoxy) is 1. The van der Waals surface area contributed by atoms with Gasteiger partial charge in [-0.25, -0.2) is 0 Å². The van der Waals surface area contributed by atoms with Crippen LogP contribution in [0.1, 0.15) is 51.9 Å². The Hall–Kier alpha value is -1.69. The van der Waals surface area contributed by atoms with E-state index in [1.54, 1.807) is 11.3 Å². The Labute approximate surface area is 170 Å². The van der Waals surface area contributed by atoms with Crippen LogP contribution in [0.2, 0.25) is 0 Å². The summed E-state index contributed by atoms with van der Waals surface area (Å²) in [6.45, 7) is 4.81. The number of hydrogen-bond donors (Lipinski definition) is 2. The summed E-state index contributed by atoms with van der Waals surface area (Å²) in [7, 11) is 0. The lowest BCUT2D eigenvalue weighted by Gasteiger charge is -2.26. The van der Waals surface area contributed by atoms with Gasteiger partial charge >= 0.3 is 0 Å². The molecule has 2 aliphatic carbocycles. The monoisotopic (exact) mass is 399 g/mol. The average Bonchev–Trinajstić information content (AvgIpc) is 3.25. The summed E-state index contributed by atoms with van der Waals surface area (Å²) < 4.78 is 6.15. The standard InChI is InChI=1S/C23H29NO3S/c1-3-15-6-4-5-7-19(15)27-20-10-9-18(23(20)26)24-13-16-8-11-21-17(22(16)25)12-14(2)28-21/h4-7,12,16,18,20,23-24,26H,3,8-11,13H2,1-2H3. The quantitative estimate of drug-likeness (QED) is 0.773. The second kappa shape index (κ2) is 8.36. The Morgan fingerprint density at radius 1 is 1.25 bits per heavy atom. The summed E-state index contributed by atoms with van der Waals surface area (Å²) in [5.41, 5.74) is 2.09. The van der Waals surface area contributed by atoms with Gasteiger partial charge in [-0.15, -0.1) is 11.3 Å². The van der Waals surface area contributed by atoms with Gasteiger partial charge in [0.05, 0.1) is 0 Å². The first-order chi connectivity index (χ1) is 13.6. The van der Waals surface area contributed by atoms with Crippen molar-refractivity contribution in [1.29, 1.82) is 0 Å². The highest BCUT2D eigenvalue weighted by Gasteiger charge is 2.37. The molecule has 4 unspecified atom stereocenters. The van der Waals surface area contributed by atoms with Crippen LogP contribution >= 0.6 is 11.3 Å². The first-order valence-corrected chi connectivity index (χ1v) is 11.2. The van der Waals surface area contributed by atoms with Crippen LogP contribution in [-0.2, 0) is 12.8 Å². The van der Waals surface area contributed by atoms with Crippen LogP contribution in [0.5, 0.6) is 5.75 Å². The molecule has 1 fully saturated rings. The van der Waals surface area contributed by atoms with E-state index in [0.29, 0.717) is 6.54 Å². The Balaban J connectivity index is 1.33. The third kappa shape index (κ3) is 3.88. The zero-order valence-corrected chi connectivity index (χ0v) is 17.4. The van der Waals surface area contributed by atoms with Crippen molar-refractivity contribution in [1.82, 2.24) is 5.32 Å². The Morgan fingerprint density at radius 3 is 2.89 bits per heavy atom. The largest absolute Gasteiger partial charge is 0.487 e. The fraction of sp³-hybridized carbons (Fsp3) is 0.522. The fourth-order valence-corrected chi connectivity index (χ4v) is 5.53. The molecule has 0 spiro atoms. The summed E-state index contributed by atoms with van der Waals surface area (Å²) in [5, 5.41) is 14.2. The normalized spacial score (nSPS) is 27.0. The molecule has 2 N–H and O–H groups in total. The number of carbonyl (C=O) groups excluding carboxylic acids is 1. The van der Waals surface area contributed by atoms with E-state index in [4.69, 9.17) is 4.74 Å². The van der Waals surface area contributed by atoms with Crippen molar-refractivity contribution in [3.8, 4) is 5.75 Å². The van der Waals surface area contributed by atoms with Crippen molar-refractivity contribution in [2.24, 2.45) is 5.92 Å². The van der Waals surface area contributed by atoms with Gasteiger partial charge in [-0.2, -0.15) is 0 Å². The number of para-hydroxylation sites is 1. The van der Waals surface area contributed by atoms with Gasteiger partial charge < -0.3 is 15.2 Å². The highest BCUT2D eigenvalue weighted by molar-refractivity contribution is 7.12. The zero-order chi connectivity index (χ0) is 19.7. The number of rotatable bonds is 6. The van der Waals surface area contributed by atoms with Gasteiger partial charge in [0, 0.05) is 33.8 Å².